The van der Waals surface area contributed by atoms with Crippen LogP contribution in [0.3, 0.4) is 0 Å². The Balaban J connectivity index is 1.18. The monoisotopic (exact) mass is 547 g/mol. The summed E-state index contributed by atoms with van der Waals surface area (Å²) < 4.78 is 28.3. The summed E-state index contributed by atoms with van der Waals surface area (Å²) in [5.41, 5.74) is 1.82. The quantitative estimate of drug-likeness (QED) is 0.322. The zero-order valence-electron chi connectivity index (χ0n) is 20.9. The molecular formula is C25H30ClN5O5S. The lowest BCUT2D eigenvalue weighted by Crippen LogP contribution is -2.38. The fourth-order valence-corrected chi connectivity index (χ4v) is 5.11. The summed E-state index contributed by atoms with van der Waals surface area (Å²) in [7, 11) is 0. The number of ether oxygens (including phenoxy) is 2. The van der Waals surface area contributed by atoms with Crippen LogP contribution in [-0.2, 0) is 21.2 Å². The second-order valence-electron chi connectivity index (χ2n) is 9.23. The minimum atomic E-state index is 0.0183. The van der Waals surface area contributed by atoms with Gasteiger partial charge in [0, 0.05) is 38.3 Å². The first-order valence-corrected chi connectivity index (χ1v) is 13.6. The first kappa shape index (κ1) is 26.0. The molecule has 198 valence electrons. The lowest BCUT2D eigenvalue weighted by atomic mass is 10.0. The van der Waals surface area contributed by atoms with Crippen molar-refractivity contribution in [1.29, 1.82) is 0 Å². The second-order valence-corrected chi connectivity index (χ2v) is 10.2. The van der Waals surface area contributed by atoms with Crippen LogP contribution in [0, 0.1) is 12.8 Å². The SMILES string of the molecule is CCCc1noc(N2CCC(Oc3ncnc(Oc4ccc(CC5COSOC5)cc4Cl)c3C)CC2)n1. The van der Waals surface area contributed by atoms with E-state index >= 15 is 0 Å². The van der Waals surface area contributed by atoms with Gasteiger partial charge < -0.3 is 18.9 Å². The summed E-state index contributed by atoms with van der Waals surface area (Å²) >= 11 is 7.59. The van der Waals surface area contributed by atoms with Crippen LogP contribution in [0.15, 0.2) is 29.0 Å². The predicted octanol–water partition coefficient (Wildman–Crippen LogP) is 5.38. The number of aromatic nitrogens is 4. The molecule has 0 unspecified atom stereocenters. The lowest BCUT2D eigenvalue weighted by molar-refractivity contribution is 0.146. The van der Waals surface area contributed by atoms with Crippen LogP contribution in [0.2, 0.25) is 5.02 Å². The zero-order valence-corrected chi connectivity index (χ0v) is 22.5. The van der Waals surface area contributed by atoms with Gasteiger partial charge in [-0.2, -0.15) is 4.98 Å². The van der Waals surface area contributed by atoms with Crippen LogP contribution in [0.4, 0.5) is 6.01 Å². The molecule has 0 radical (unpaired) electrons. The van der Waals surface area contributed by atoms with E-state index in [1.165, 1.54) is 6.33 Å². The van der Waals surface area contributed by atoms with Crippen molar-refractivity contribution in [1.82, 2.24) is 20.1 Å². The highest BCUT2D eigenvalue weighted by Gasteiger charge is 2.26. The van der Waals surface area contributed by atoms with Crippen molar-refractivity contribution >= 4 is 29.9 Å². The number of halogens is 1. The van der Waals surface area contributed by atoms with E-state index in [1.807, 2.05) is 25.1 Å². The van der Waals surface area contributed by atoms with Gasteiger partial charge >= 0.3 is 6.01 Å². The van der Waals surface area contributed by atoms with Crippen LogP contribution < -0.4 is 14.4 Å². The van der Waals surface area contributed by atoms with Gasteiger partial charge in [0.15, 0.2) is 18.1 Å². The maximum atomic E-state index is 6.54. The van der Waals surface area contributed by atoms with Crippen LogP contribution in [-0.4, -0.2) is 52.5 Å². The van der Waals surface area contributed by atoms with E-state index in [0.29, 0.717) is 47.7 Å². The molecule has 0 N–H and O–H groups in total. The van der Waals surface area contributed by atoms with E-state index in [9.17, 15) is 0 Å². The van der Waals surface area contributed by atoms with Crippen LogP contribution >= 0.6 is 23.9 Å². The summed E-state index contributed by atoms with van der Waals surface area (Å²) in [4.78, 5) is 15.3. The number of rotatable bonds is 9. The van der Waals surface area contributed by atoms with Crippen molar-refractivity contribution in [2.24, 2.45) is 5.92 Å². The van der Waals surface area contributed by atoms with Crippen molar-refractivity contribution < 1.29 is 22.4 Å². The molecule has 3 aromatic rings. The van der Waals surface area contributed by atoms with Gasteiger partial charge in [0.25, 0.3) is 0 Å². The highest BCUT2D eigenvalue weighted by molar-refractivity contribution is 7.89. The van der Waals surface area contributed by atoms with Gasteiger partial charge in [0.1, 0.15) is 18.2 Å². The minimum absolute atomic E-state index is 0.0183. The topological polar surface area (TPSA) is 105 Å². The average Bonchev–Trinajstić information content (AvgIpc) is 3.38. The van der Waals surface area contributed by atoms with Crippen molar-refractivity contribution in [3.05, 3.63) is 46.5 Å². The molecule has 10 nitrogen and oxygen atoms in total. The van der Waals surface area contributed by atoms with Gasteiger partial charge in [-0.15, -0.1) is 0 Å². The Hall–Kier alpha value is -2.60. The highest BCUT2D eigenvalue weighted by atomic mass is 35.5. The maximum absolute atomic E-state index is 6.54. The Labute approximate surface area is 225 Å². The van der Waals surface area contributed by atoms with E-state index in [4.69, 9.17) is 34.0 Å². The van der Waals surface area contributed by atoms with Crippen molar-refractivity contribution in [2.45, 2.75) is 52.1 Å². The summed E-state index contributed by atoms with van der Waals surface area (Å²) in [6.07, 6.45) is 5.72. The van der Waals surface area contributed by atoms with Gasteiger partial charge in [-0.3, -0.25) is 8.37 Å². The Kier molecular flexibility index (Phi) is 8.65. The molecule has 2 aliphatic rings. The third-order valence-electron chi connectivity index (χ3n) is 6.34. The number of benzene rings is 1. The summed E-state index contributed by atoms with van der Waals surface area (Å²) in [6.45, 7) is 6.83. The predicted molar refractivity (Wildman–Crippen MR) is 139 cm³/mol. The van der Waals surface area contributed by atoms with Gasteiger partial charge in [-0.05, 0) is 37.5 Å². The third-order valence-corrected chi connectivity index (χ3v) is 7.10. The minimum Gasteiger partial charge on any atom is -0.474 e. The number of aryl methyl sites for hydroxylation is 1. The molecule has 12 heteroatoms. The molecule has 0 amide bonds. The Morgan fingerprint density at radius 2 is 1.92 bits per heavy atom. The first-order valence-electron chi connectivity index (χ1n) is 12.5. The van der Waals surface area contributed by atoms with E-state index in [-0.39, 0.29) is 6.10 Å². The summed E-state index contributed by atoms with van der Waals surface area (Å²) in [6, 6.07) is 6.35. The standard InChI is InChI=1S/C25H30ClN5O5S/c1-3-4-22-29-25(36-30-22)31-9-7-19(8-10-31)34-23-16(2)24(28-15-27-23)35-21-6-5-17(12-20(21)26)11-18-13-32-37-33-14-18/h5-6,12,15,18-19H,3-4,7-11,13-14H2,1-2H3. The number of anilines is 1. The second kappa shape index (κ2) is 12.3. The molecule has 4 heterocycles. The molecule has 2 aliphatic heterocycles. The maximum Gasteiger partial charge on any atom is 0.324 e. The molecule has 0 saturated carbocycles. The van der Waals surface area contributed by atoms with E-state index < -0.39 is 0 Å². The van der Waals surface area contributed by atoms with E-state index in [1.54, 1.807) is 0 Å². The van der Waals surface area contributed by atoms with Crippen molar-refractivity contribution in [3.63, 3.8) is 0 Å². The Morgan fingerprint density at radius 1 is 1.14 bits per heavy atom. The van der Waals surface area contributed by atoms with Crippen LogP contribution in [0.1, 0.15) is 43.1 Å². The van der Waals surface area contributed by atoms with Gasteiger partial charge in [0.2, 0.25) is 11.8 Å². The molecule has 37 heavy (non-hydrogen) atoms. The van der Waals surface area contributed by atoms with Gasteiger partial charge in [-0.25, -0.2) is 9.97 Å². The number of hydrogen-bond acceptors (Lipinski definition) is 11. The molecule has 0 aliphatic carbocycles. The Bertz CT molecular complexity index is 1180. The Morgan fingerprint density at radius 3 is 2.68 bits per heavy atom. The largest absolute Gasteiger partial charge is 0.474 e. The van der Waals surface area contributed by atoms with E-state index in [0.717, 1.165) is 74.5 Å². The van der Waals surface area contributed by atoms with Crippen molar-refractivity contribution in [2.75, 3.05) is 31.2 Å². The fourth-order valence-electron chi connectivity index (χ4n) is 4.30. The molecular weight excluding hydrogens is 518 g/mol. The summed E-state index contributed by atoms with van der Waals surface area (Å²) in [5, 5.41) is 4.56. The lowest BCUT2D eigenvalue weighted by Gasteiger charge is -2.30. The van der Waals surface area contributed by atoms with Crippen molar-refractivity contribution in [3.8, 4) is 17.5 Å². The molecule has 2 saturated heterocycles. The van der Waals surface area contributed by atoms with Gasteiger partial charge in [0.05, 0.1) is 23.8 Å². The number of hydrogen-bond donors (Lipinski definition) is 0. The average molecular weight is 548 g/mol. The summed E-state index contributed by atoms with van der Waals surface area (Å²) in [5.74, 6) is 2.50. The molecule has 5 rings (SSSR count). The fraction of sp³-hybridized carbons (Fsp3) is 0.520. The molecule has 0 bridgehead atoms. The van der Waals surface area contributed by atoms with E-state index in [2.05, 4.69) is 31.9 Å². The third kappa shape index (κ3) is 6.64. The van der Waals surface area contributed by atoms with Crippen LogP contribution in [0.25, 0.3) is 0 Å². The normalized spacial score (nSPS) is 17.2. The first-order chi connectivity index (χ1) is 18.1. The number of piperidine rings is 1. The van der Waals surface area contributed by atoms with Crippen LogP contribution in [0.5, 0.6) is 17.5 Å². The molecule has 2 aromatic heterocycles. The van der Waals surface area contributed by atoms with Gasteiger partial charge in [-0.1, -0.05) is 29.7 Å². The number of nitrogens with zero attached hydrogens (tertiary/aromatic N) is 5. The molecule has 2 fully saturated rings. The molecule has 0 atom stereocenters. The molecule has 0 spiro atoms. The smallest absolute Gasteiger partial charge is 0.324 e. The zero-order chi connectivity index (χ0) is 25.6. The highest BCUT2D eigenvalue weighted by Crippen LogP contribution is 2.34. The molecule has 1 aromatic carbocycles.